The molecule has 4 aromatic rings. The minimum Gasteiger partial charge on any atom is -0.332 e. The van der Waals surface area contributed by atoms with Crippen LogP contribution in [0.15, 0.2) is 72.0 Å². The Morgan fingerprint density at radius 2 is 1.90 bits per heavy atom. The average Bonchev–Trinajstić information content (AvgIpc) is 3.39. The van der Waals surface area contributed by atoms with Gasteiger partial charge in [0.2, 0.25) is 0 Å². The van der Waals surface area contributed by atoms with Gasteiger partial charge >= 0.3 is 5.69 Å². The zero-order valence-electron chi connectivity index (χ0n) is 16.0. The molecule has 0 saturated heterocycles. The summed E-state index contributed by atoms with van der Waals surface area (Å²) in [6.45, 7) is 0.948. The van der Waals surface area contributed by atoms with E-state index in [4.69, 9.17) is 0 Å². The lowest BCUT2D eigenvalue weighted by Gasteiger charge is -2.27. The van der Waals surface area contributed by atoms with Crippen LogP contribution in [0.2, 0.25) is 0 Å². The van der Waals surface area contributed by atoms with Crippen molar-refractivity contribution in [2.24, 2.45) is 0 Å². The fourth-order valence-electron chi connectivity index (χ4n) is 3.80. The second-order valence-electron chi connectivity index (χ2n) is 7.15. The van der Waals surface area contributed by atoms with E-state index in [2.05, 4.69) is 9.97 Å². The molecule has 1 aliphatic heterocycles. The molecule has 0 radical (unpaired) electrons. The molecule has 1 N–H and O–H groups in total. The van der Waals surface area contributed by atoms with Crippen molar-refractivity contribution < 1.29 is 9.18 Å². The zero-order chi connectivity index (χ0) is 20.7. The van der Waals surface area contributed by atoms with E-state index in [-0.39, 0.29) is 17.4 Å². The number of hydrogen-bond donors (Lipinski definition) is 1. The van der Waals surface area contributed by atoms with Gasteiger partial charge in [-0.15, -0.1) is 0 Å². The van der Waals surface area contributed by atoms with Crippen LogP contribution in [0.3, 0.4) is 0 Å². The summed E-state index contributed by atoms with van der Waals surface area (Å²) in [5.74, 6) is -0.393. The standard InChI is InChI=1S/C22H18FN5O2/c23-16-4-6-17(7-5-16)28-14-25-19-13-26(10-8-20(19)28)21(29)15-2-1-3-18(12-15)27-11-9-24-22(27)30/h1-7,9,11-12,14H,8,10,13H2,(H,24,30). The van der Waals surface area contributed by atoms with Crippen LogP contribution in [0.25, 0.3) is 11.4 Å². The van der Waals surface area contributed by atoms with E-state index < -0.39 is 0 Å². The monoisotopic (exact) mass is 403 g/mol. The van der Waals surface area contributed by atoms with Gasteiger partial charge in [-0.25, -0.2) is 14.2 Å². The number of benzene rings is 2. The maximum atomic E-state index is 13.2. The van der Waals surface area contributed by atoms with Crippen molar-refractivity contribution in [1.29, 1.82) is 0 Å². The second kappa shape index (κ2) is 7.14. The molecule has 8 heteroatoms. The lowest BCUT2D eigenvalue weighted by Crippen LogP contribution is -2.36. The molecule has 1 aliphatic rings. The Balaban J connectivity index is 1.39. The molecule has 0 spiro atoms. The van der Waals surface area contributed by atoms with Crippen molar-refractivity contribution in [3.63, 3.8) is 0 Å². The van der Waals surface area contributed by atoms with Gasteiger partial charge in [-0.2, -0.15) is 0 Å². The third-order valence-corrected chi connectivity index (χ3v) is 5.32. The van der Waals surface area contributed by atoms with Gasteiger partial charge in [0.25, 0.3) is 5.91 Å². The Bertz CT molecular complexity index is 1290. The summed E-state index contributed by atoms with van der Waals surface area (Å²) in [5, 5.41) is 0. The Morgan fingerprint density at radius 1 is 1.07 bits per heavy atom. The summed E-state index contributed by atoms with van der Waals surface area (Å²) in [6, 6.07) is 13.3. The molecule has 0 saturated carbocycles. The number of rotatable bonds is 3. The minimum absolute atomic E-state index is 0.109. The molecule has 2 aromatic heterocycles. The highest BCUT2D eigenvalue weighted by Crippen LogP contribution is 2.23. The van der Waals surface area contributed by atoms with Gasteiger partial charge in [0.15, 0.2) is 0 Å². The number of imidazole rings is 2. The topological polar surface area (TPSA) is 75.9 Å². The molecule has 5 rings (SSSR count). The smallest absolute Gasteiger partial charge is 0.330 e. The van der Waals surface area contributed by atoms with Crippen LogP contribution in [-0.2, 0) is 13.0 Å². The number of carbonyl (C=O) groups excluding carboxylic acids is 1. The highest BCUT2D eigenvalue weighted by Gasteiger charge is 2.25. The van der Waals surface area contributed by atoms with Crippen LogP contribution in [0.5, 0.6) is 0 Å². The third-order valence-electron chi connectivity index (χ3n) is 5.32. The van der Waals surface area contributed by atoms with E-state index >= 15 is 0 Å². The van der Waals surface area contributed by atoms with E-state index in [0.29, 0.717) is 30.8 Å². The van der Waals surface area contributed by atoms with Gasteiger partial charge in [0.1, 0.15) is 5.82 Å². The highest BCUT2D eigenvalue weighted by molar-refractivity contribution is 5.94. The highest BCUT2D eigenvalue weighted by atomic mass is 19.1. The number of carbonyl (C=O) groups is 1. The normalized spacial score (nSPS) is 13.3. The van der Waals surface area contributed by atoms with Crippen LogP contribution in [0, 0.1) is 5.82 Å². The Morgan fingerprint density at radius 3 is 2.67 bits per heavy atom. The lowest BCUT2D eigenvalue weighted by molar-refractivity contribution is 0.0731. The Labute approximate surface area is 171 Å². The molecule has 0 aliphatic carbocycles. The van der Waals surface area contributed by atoms with Crippen LogP contribution < -0.4 is 5.69 Å². The first-order valence-corrected chi connectivity index (χ1v) is 9.57. The van der Waals surface area contributed by atoms with E-state index in [0.717, 1.165) is 17.1 Å². The largest absolute Gasteiger partial charge is 0.332 e. The number of fused-ring (bicyclic) bond motifs is 1. The number of halogens is 1. The Kier molecular flexibility index (Phi) is 4.31. The molecular weight excluding hydrogens is 385 g/mol. The van der Waals surface area contributed by atoms with Crippen molar-refractivity contribution in [3.8, 4) is 11.4 Å². The molecule has 0 fully saturated rings. The summed E-state index contributed by atoms with van der Waals surface area (Å²) < 4.78 is 16.6. The summed E-state index contributed by atoms with van der Waals surface area (Å²) in [6.07, 6.45) is 5.54. The first kappa shape index (κ1) is 18.1. The number of H-pyrrole nitrogens is 1. The van der Waals surface area contributed by atoms with Crippen molar-refractivity contribution in [2.75, 3.05) is 6.54 Å². The van der Waals surface area contributed by atoms with Crippen molar-refractivity contribution >= 4 is 5.91 Å². The number of aromatic amines is 1. The first-order valence-electron chi connectivity index (χ1n) is 9.57. The van der Waals surface area contributed by atoms with E-state index in [9.17, 15) is 14.0 Å². The van der Waals surface area contributed by atoms with Gasteiger partial charge in [-0.05, 0) is 42.5 Å². The number of nitrogens with one attached hydrogen (secondary N) is 1. The summed E-state index contributed by atoms with van der Waals surface area (Å²) >= 11 is 0. The predicted molar refractivity (Wildman–Crippen MR) is 108 cm³/mol. The van der Waals surface area contributed by atoms with Crippen molar-refractivity contribution in [2.45, 2.75) is 13.0 Å². The van der Waals surface area contributed by atoms with Gasteiger partial charge < -0.3 is 14.5 Å². The van der Waals surface area contributed by atoms with E-state index in [1.54, 1.807) is 60.0 Å². The van der Waals surface area contributed by atoms with Gasteiger partial charge in [0.05, 0.1) is 24.3 Å². The third kappa shape index (κ3) is 3.12. The fourth-order valence-corrected chi connectivity index (χ4v) is 3.80. The quantitative estimate of drug-likeness (QED) is 0.572. The maximum absolute atomic E-state index is 13.2. The summed E-state index contributed by atoms with van der Waals surface area (Å²) in [7, 11) is 0. The molecule has 150 valence electrons. The molecule has 1 amide bonds. The van der Waals surface area contributed by atoms with Crippen LogP contribution in [0.1, 0.15) is 21.7 Å². The second-order valence-corrected chi connectivity index (χ2v) is 7.15. The first-order chi connectivity index (χ1) is 14.6. The zero-order valence-corrected chi connectivity index (χ0v) is 16.0. The molecule has 2 aromatic carbocycles. The van der Waals surface area contributed by atoms with Gasteiger partial charge in [0, 0.05) is 42.3 Å². The molecule has 3 heterocycles. The van der Waals surface area contributed by atoms with Crippen LogP contribution in [-0.4, -0.2) is 36.5 Å². The summed E-state index contributed by atoms with van der Waals surface area (Å²) in [4.78, 5) is 33.8. The SMILES string of the molecule is O=C(c1cccc(-n2cc[nH]c2=O)c1)N1CCc2c(ncn2-c2ccc(F)cc2)C1. The fraction of sp³-hybridized carbons (Fsp3) is 0.136. The van der Waals surface area contributed by atoms with Crippen LogP contribution >= 0.6 is 0 Å². The molecule has 0 unspecified atom stereocenters. The van der Waals surface area contributed by atoms with Crippen molar-refractivity contribution in [1.82, 2.24) is 24.0 Å². The van der Waals surface area contributed by atoms with E-state index in [1.807, 2.05) is 4.57 Å². The predicted octanol–water partition coefficient (Wildman–Crippen LogP) is 2.69. The summed E-state index contributed by atoms with van der Waals surface area (Å²) in [5.41, 5.74) is 3.59. The number of nitrogens with zero attached hydrogens (tertiary/aromatic N) is 4. The number of aromatic nitrogens is 4. The molecule has 30 heavy (non-hydrogen) atoms. The Hall–Kier alpha value is -3.94. The number of amides is 1. The van der Waals surface area contributed by atoms with Gasteiger partial charge in [-0.3, -0.25) is 9.36 Å². The molecule has 0 bridgehead atoms. The molecule has 7 nitrogen and oxygen atoms in total. The van der Waals surface area contributed by atoms with Crippen LogP contribution in [0.4, 0.5) is 4.39 Å². The van der Waals surface area contributed by atoms with E-state index in [1.165, 1.54) is 16.7 Å². The van der Waals surface area contributed by atoms with Gasteiger partial charge in [-0.1, -0.05) is 6.07 Å². The average molecular weight is 403 g/mol. The van der Waals surface area contributed by atoms with Crippen molar-refractivity contribution in [3.05, 3.63) is 101 Å². The number of hydrogen-bond acceptors (Lipinski definition) is 3. The maximum Gasteiger partial charge on any atom is 0.330 e. The molecular formula is C22H18FN5O2. The minimum atomic E-state index is -0.284. The lowest BCUT2D eigenvalue weighted by atomic mass is 10.1. The molecule has 0 atom stereocenters.